The van der Waals surface area contributed by atoms with Crippen molar-refractivity contribution in [3.8, 4) is 17.2 Å². The predicted octanol–water partition coefficient (Wildman–Crippen LogP) is 6.71. The highest BCUT2D eigenvalue weighted by atomic mass is 79.9. The van der Waals surface area contributed by atoms with Crippen LogP contribution in [0.3, 0.4) is 0 Å². The molecule has 1 N–H and O–H groups in total. The number of dihydropyridines is 1. The molecule has 2 aromatic carbocycles. The second-order valence-corrected chi connectivity index (χ2v) is 11.6. The van der Waals surface area contributed by atoms with E-state index in [4.69, 9.17) is 18.9 Å². The molecule has 5 rings (SSSR count). The van der Waals surface area contributed by atoms with Crippen molar-refractivity contribution in [2.45, 2.75) is 69.8 Å². The number of hydrogen-bond donors (Lipinski definition) is 1. The molecular formula is C32H36BrNO6. The van der Waals surface area contributed by atoms with Crippen LogP contribution in [-0.4, -0.2) is 39.2 Å². The zero-order valence-electron chi connectivity index (χ0n) is 23.5. The van der Waals surface area contributed by atoms with Crippen LogP contribution in [0, 0.1) is 0 Å². The van der Waals surface area contributed by atoms with Crippen molar-refractivity contribution in [1.29, 1.82) is 0 Å². The summed E-state index contributed by atoms with van der Waals surface area (Å²) in [5, 5.41) is 3.45. The summed E-state index contributed by atoms with van der Waals surface area (Å²) in [4.78, 5) is 27.9. The number of benzene rings is 2. The lowest BCUT2D eigenvalue weighted by Gasteiger charge is -2.37. The van der Waals surface area contributed by atoms with Crippen molar-refractivity contribution in [2.75, 3.05) is 21.3 Å². The Morgan fingerprint density at radius 2 is 1.60 bits per heavy atom. The van der Waals surface area contributed by atoms with E-state index in [9.17, 15) is 9.59 Å². The summed E-state index contributed by atoms with van der Waals surface area (Å²) in [6, 6.07) is 11.5. The summed E-state index contributed by atoms with van der Waals surface area (Å²) in [6.07, 6.45) is 5.86. The minimum atomic E-state index is -0.598. The van der Waals surface area contributed by atoms with Crippen molar-refractivity contribution in [3.63, 3.8) is 0 Å². The maximum atomic E-state index is 14.0. The summed E-state index contributed by atoms with van der Waals surface area (Å²) in [5.41, 5.74) is 4.37. The fraction of sp³-hybridized carbons (Fsp3) is 0.438. The third-order valence-corrected chi connectivity index (χ3v) is 8.75. The van der Waals surface area contributed by atoms with Crippen molar-refractivity contribution < 1.29 is 28.5 Å². The molecule has 1 heterocycles. The largest absolute Gasteiger partial charge is 0.496 e. The first-order valence-electron chi connectivity index (χ1n) is 13.8. The van der Waals surface area contributed by atoms with Crippen molar-refractivity contribution >= 4 is 27.7 Å². The van der Waals surface area contributed by atoms with Gasteiger partial charge in [0.15, 0.2) is 17.3 Å². The number of ether oxygens (including phenoxy) is 4. The topological polar surface area (TPSA) is 83.1 Å². The fourth-order valence-electron chi connectivity index (χ4n) is 6.29. The molecular weight excluding hydrogens is 574 g/mol. The SMILES string of the molecule is COc1ccc([C@H]2CC(=O)C3=C(C2)NC(C)=C(C(=O)OC2CCCCC2)[C@@H]3c2cc(Br)ccc2OC)cc1OC. The quantitative estimate of drug-likeness (QED) is 0.349. The second kappa shape index (κ2) is 12.1. The highest BCUT2D eigenvalue weighted by Crippen LogP contribution is 2.49. The second-order valence-electron chi connectivity index (χ2n) is 10.7. The number of esters is 1. The Morgan fingerprint density at radius 1 is 0.900 bits per heavy atom. The van der Waals surface area contributed by atoms with E-state index in [2.05, 4.69) is 21.2 Å². The molecule has 40 heavy (non-hydrogen) atoms. The Kier molecular flexibility index (Phi) is 8.54. The molecule has 1 fully saturated rings. The molecule has 2 atom stereocenters. The lowest BCUT2D eigenvalue weighted by Crippen LogP contribution is -2.37. The number of methoxy groups -OCH3 is 3. The summed E-state index contributed by atoms with van der Waals surface area (Å²) in [7, 11) is 4.82. The summed E-state index contributed by atoms with van der Waals surface area (Å²) >= 11 is 3.59. The molecule has 0 radical (unpaired) electrons. The number of carbonyl (C=O) groups excluding carboxylic acids is 2. The first-order valence-corrected chi connectivity index (χ1v) is 14.6. The van der Waals surface area contributed by atoms with E-state index in [0.29, 0.717) is 46.9 Å². The highest BCUT2D eigenvalue weighted by molar-refractivity contribution is 9.10. The highest BCUT2D eigenvalue weighted by Gasteiger charge is 2.43. The van der Waals surface area contributed by atoms with Gasteiger partial charge in [-0.2, -0.15) is 0 Å². The molecule has 212 valence electrons. The molecule has 2 aromatic rings. The molecule has 1 aliphatic heterocycles. The Labute approximate surface area is 244 Å². The number of rotatable bonds is 7. The number of ketones is 1. The van der Waals surface area contributed by atoms with Crippen LogP contribution in [0.1, 0.15) is 74.8 Å². The third-order valence-electron chi connectivity index (χ3n) is 8.26. The van der Waals surface area contributed by atoms with Gasteiger partial charge in [0.1, 0.15) is 11.9 Å². The standard InChI is InChI=1S/C32H36BrNO6/c1-18-29(32(36)40-22-8-6-5-7-9-22)30(23-17-21(33)11-13-26(23)37-2)31-24(34-18)14-20(15-25(31)35)19-10-12-27(38-3)28(16-19)39-4/h10-13,16-17,20,22,30,34H,5-9,14-15H2,1-4H3/t20-,30+/m1/s1. The molecule has 7 nitrogen and oxygen atoms in total. The monoisotopic (exact) mass is 609 g/mol. The Bertz CT molecular complexity index is 1370. The van der Waals surface area contributed by atoms with Crippen LogP contribution in [-0.2, 0) is 14.3 Å². The van der Waals surface area contributed by atoms with Gasteiger partial charge in [-0.1, -0.05) is 28.4 Å². The van der Waals surface area contributed by atoms with Gasteiger partial charge in [0.2, 0.25) is 0 Å². The van der Waals surface area contributed by atoms with Gasteiger partial charge in [-0.05, 0) is 80.8 Å². The number of hydrogen-bond acceptors (Lipinski definition) is 7. The van der Waals surface area contributed by atoms with E-state index in [1.807, 2.05) is 43.3 Å². The van der Waals surface area contributed by atoms with Crippen LogP contribution in [0.15, 0.2) is 63.4 Å². The fourth-order valence-corrected chi connectivity index (χ4v) is 6.67. The van der Waals surface area contributed by atoms with Crippen molar-refractivity contribution in [3.05, 3.63) is 74.5 Å². The molecule has 0 amide bonds. The van der Waals surface area contributed by atoms with Crippen LogP contribution < -0.4 is 19.5 Å². The minimum absolute atomic E-state index is 0.00368. The molecule has 0 aromatic heterocycles. The third kappa shape index (κ3) is 5.51. The summed E-state index contributed by atoms with van der Waals surface area (Å²) < 4.78 is 23.6. The lowest BCUT2D eigenvalue weighted by atomic mass is 9.71. The maximum absolute atomic E-state index is 14.0. The average Bonchev–Trinajstić information content (AvgIpc) is 2.96. The number of allylic oxidation sites excluding steroid dienone is 3. The number of nitrogens with one attached hydrogen (secondary N) is 1. The van der Waals surface area contributed by atoms with Gasteiger partial charge in [-0.25, -0.2) is 4.79 Å². The normalized spacial score (nSPS) is 21.5. The van der Waals surface area contributed by atoms with Crippen LogP contribution in [0.2, 0.25) is 0 Å². The van der Waals surface area contributed by atoms with Crippen LogP contribution in [0.4, 0.5) is 0 Å². The van der Waals surface area contributed by atoms with Gasteiger partial charge < -0.3 is 24.3 Å². The number of halogens is 1. The van der Waals surface area contributed by atoms with Crippen LogP contribution in [0.25, 0.3) is 0 Å². The van der Waals surface area contributed by atoms with Gasteiger partial charge in [0.05, 0.1) is 32.8 Å². The summed E-state index contributed by atoms with van der Waals surface area (Å²) in [6.45, 7) is 1.89. The Balaban J connectivity index is 1.56. The van der Waals surface area contributed by atoms with E-state index in [1.54, 1.807) is 21.3 Å². The van der Waals surface area contributed by atoms with E-state index in [-0.39, 0.29) is 23.8 Å². The van der Waals surface area contributed by atoms with Gasteiger partial charge >= 0.3 is 5.97 Å². The molecule has 0 saturated heterocycles. The van der Waals surface area contributed by atoms with Gasteiger partial charge in [0.25, 0.3) is 0 Å². The molecule has 0 spiro atoms. The van der Waals surface area contributed by atoms with E-state index in [1.165, 1.54) is 6.42 Å². The maximum Gasteiger partial charge on any atom is 0.337 e. The average molecular weight is 611 g/mol. The number of carbonyl (C=O) groups is 2. The van der Waals surface area contributed by atoms with Gasteiger partial charge in [-0.15, -0.1) is 0 Å². The minimum Gasteiger partial charge on any atom is -0.496 e. The molecule has 3 aliphatic rings. The molecule has 0 unspecified atom stereocenters. The zero-order chi connectivity index (χ0) is 28.4. The molecule has 8 heteroatoms. The molecule has 2 aliphatic carbocycles. The summed E-state index contributed by atoms with van der Waals surface area (Å²) in [5.74, 6) is 0.870. The zero-order valence-corrected chi connectivity index (χ0v) is 25.1. The van der Waals surface area contributed by atoms with Gasteiger partial charge in [-0.3, -0.25) is 4.79 Å². The Morgan fingerprint density at radius 3 is 2.30 bits per heavy atom. The number of Topliss-reactive ketones (excluding diaryl/α,β-unsaturated/α-hetero) is 1. The first-order chi connectivity index (χ1) is 19.3. The smallest absolute Gasteiger partial charge is 0.337 e. The van der Waals surface area contributed by atoms with Crippen molar-refractivity contribution in [1.82, 2.24) is 5.32 Å². The molecule has 1 saturated carbocycles. The van der Waals surface area contributed by atoms with E-state index >= 15 is 0 Å². The predicted molar refractivity (Wildman–Crippen MR) is 156 cm³/mol. The van der Waals surface area contributed by atoms with Crippen LogP contribution in [0.5, 0.6) is 17.2 Å². The lowest BCUT2D eigenvalue weighted by molar-refractivity contribution is -0.146. The Hall–Kier alpha value is -3.26. The first kappa shape index (κ1) is 28.3. The van der Waals surface area contributed by atoms with Crippen LogP contribution >= 0.6 is 15.9 Å². The molecule has 0 bridgehead atoms. The van der Waals surface area contributed by atoms with E-state index in [0.717, 1.165) is 47.0 Å². The van der Waals surface area contributed by atoms with E-state index < -0.39 is 5.92 Å². The van der Waals surface area contributed by atoms with Crippen molar-refractivity contribution in [2.24, 2.45) is 0 Å². The van der Waals surface area contributed by atoms with Gasteiger partial charge in [0, 0.05) is 33.4 Å².